The van der Waals surface area contributed by atoms with E-state index in [0.717, 1.165) is 0 Å². The van der Waals surface area contributed by atoms with Crippen molar-refractivity contribution >= 4 is 34.8 Å². The minimum atomic E-state index is -1.70. The molecule has 0 aliphatic heterocycles. The van der Waals surface area contributed by atoms with Gasteiger partial charge in [-0.05, 0) is 46.5 Å². The molecular formula is C30H18Cl2O2. The van der Waals surface area contributed by atoms with Gasteiger partial charge in [-0.1, -0.05) is 96.0 Å². The van der Waals surface area contributed by atoms with Gasteiger partial charge < -0.3 is 0 Å². The molecule has 0 spiro atoms. The van der Waals surface area contributed by atoms with E-state index in [1.165, 1.54) is 0 Å². The molecule has 34 heavy (non-hydrogen) atoms. The largest absolute Gasteiger partial charge is 0.289 e. The lowest BCUT2D eigenvalue weighted by Crippen LogP contribution is -2.13. The average Bonchev–Trinajstić information content (AvgIpc) is 3.25. The van der Waals surface area contributed by atoms with Crippen LogP contribution in [0.3, 0.4) is 0 Å². The van der Waals surface area contributed by atoms with E-state index in [1.54, 1.807) is 97.1 Å². The van der Waals surface area contributed by atoms with E-state index in [-0.39, 0.29) is 11.1 Å². The second-order valence-electron chi connectivity index (χ2n) is 8.26. The summed E-state index contributed by atoms with van der Waals surface area (Å²) < 4.78 is 19.6. The molecule has 4 aromatic carbocycles. The lowest BCUT2D eigenvalue weighted by atomic mass is 9.81. The average molecular weight is 483 g/mol. The highest BCUT2D eigenvalue weighted by atomic mass is 35.5. The van der Waals surface area contributed by atoms with Gasteiger partial charge in [-0.2, -0.15) is 0 Å². The first-order valence-electron chi connectivity index (χ1n) is 11.8. The van der Waals surface area contributed by atoms with E-state index in [4.69, 9.17) is 23.2 Å². The molecule has 164 valence electrons. The first-order valence-corrected chi connectivity index (χ1v) is 11.6. The maximum Gasteiger partial charge on any atom is 0.190 e. The molecule has 0 saturated carbocycles. The van der Waals surface area contributed by atoms with E-state index >= 15 is 0 Å². The van der Waals surface area contributed by atoms with Crippen molar-refractivity contribution in [1.29, 1.82) is 0 Å². The van der Waals surface area contributed by atoms with Gasteiger partial charge in [0.1, 0.15) is 0 Å². The smallest absolute Gasteiger partial charge is 0.190 e. The summed E-state index contributed by atoms with van der Waals surface area (Å²) in [4.78, 5) is 28.1. The van der Waals surface area contributed by atoms with Crippen LogP contribution in [0.4, 0.5) is 0 Å². The van der Waals surface area contributed by atoms with Crippen LogP contribution in [0.25, 0.3) is 0 Å². The van der Waals surface area contributed by atoms with Crippen molar-refractivity contribution in [3.63, 3.8) is 0 Å². The molecule has 0 bridgehead atoms. The van der Waals surface area contributed by atoms with Gasteiger partial charge in [-0.3, -0.25) is 9.59 Å². The van der Waals surface area contributed by atoms with Crippen molar-refractivity contribution < 1.29 is 12.3 Å². The second kappa shape index (κ2) is 8.09. The zero-order chi connectivity index (χ0) is 25.2. The minimum absolute atomic E-state index is 0.00262. The quantitative estimate of drug-likeness (QED) is 0.275. The molecule has 4 aromatic rings. The van der Waals surface area contributed by atoms with Gasteiger partial charge in [0.05, 0.1) is 0 Å². The topological polar surface area (TPSA) is 34.1 Å². The Hall–Kier alpha value is -3.46. The van der Waals surface area contributed by atoms with Crippen LogP contribution in [0, 0.1) is 0 Å². The molecule has 0 heterocycles. The van der Waals surface area contributed by atoms with Crippen LogP contribution in [-0.2, 0) is 0 Å². The summed E-state index contributed by atoms with van der Waals surface area (Å²) in [6, 6.07) is 27.3. The molecule has 0 saturated heterocycles. The van der Waals surface area contributed by atoms with Gasteiger partial charge in [0.15, 0.2) is 11.6 Å². The van der Waals surface area contributed by atoms with Crippen molar-refractivity contribution in [3.8, 4) is 0 Å². The monoisotopic (exact) mass is 482 g/mol. The highest BCUT2D eigenvalue weighted by molar-refractivity contribution is 6.31. The summed E-state index contributed by atoms with van der Waals surface area (Å²) in [5, 5.41) is 0.990. The molecule has 0 fully saturated rings. The van der Waals surface area contributed by atoms with E-state index in [9.17, 15) is 12.3 Å². The third-order valence-electron chi connectivity index (χ3n) is 6.35. The van der Waals surface area contributed by atoms with Crippen LogP contribution < -0.4 is 0 Å². The van der Waals surface area contributed by atoms with Crippen LogP contribution in [0.15, 0.2) is 108 Å². The summed E-state index contributed by atoms with van der Waals surface area (Å²) in [6.07, 6.45) is 0. The first-order chi connectivity index (χ1) is 17.3. The van der Waals surface area contributed by atoms with Gasteiger partial charge in [-0.15, -0.1) is 0 Å². The summed E-state index contributed by atoms with van der Waals surface area (Å²) in [7, 11) is 0. The minimum Gasteiger partial charge on any atom is -0.289 e. The van der Waals surface area contributed by atoms with E-state index < -0.39 is 23.4 Å². The second-order valence-corrected chi connectivity index (χ2v) is 9.14. The third kappa shape index (κ3) is 3.18. The Morgan fingerprint density at radius 1 is 0.529 bits per heavy atom. The Balaban J connectivity index is 1.75. The number of carbonyl (C=O) groups is 2. The fourth-order valence-electron chi connectivity index (χ4n) is 4.87. The molecule has 0 radical (unpaired) electrons. The molecule has 6 rings (SSSR count). The molecule has 0 aromatic heterocycles. The van der Waals surface area contributed by atoms with Gasteiger partial charge >= 0.3 is 0 Å². The standard InChI is InChI=1S/C30H18Cl2O2/c31-19-13-9-17(10-14-19)25-21-5-1-3-7-23(21)29(33)27(25)28-26(18-11-15-20(32)16-12-18)22-6-2-4-8-24(22)30(28)34/h1-16,25-26H/b28-27+/t25-,26-/m1/s1/i25D,26D. The normalized spacial score (nSPS) is 26.2. The number of hydrogen-bond acceptors (Lipinski definition) is 2. The van der Waals surface area contributed by atoms with Crippen molar-refractivity contribution in [2.45, 2.75) is 11.8 Å². The molecular weight excluding hydrogens is 463 g/mol. The zero-order valence-corrected chi connectivity index (χ0v) is 19.3. The summed E-state index contributed by atoms with van der Waals surface area (Å²) >= 11 is 12.3. The zero-order valence-electron chi connectivity index (χ0n) is 19.8. The van der Waals surface area contributed by atoms with Crippen molar-refractivity contribution in [1.82, 2.24) is 0 Å². The summed E-state index contributed by atoms with van der Waals surface area (Å²) in [5.41, 5.74) is 2.64. The first kappa shape index (κ1) is 18.9. The van der Waals surface area contributed by atoms with Crippen LogP contribution >= 0.6 is 23.2 Å². The maximum atomic E-state index is 14.0. The SMILES string of the molecule is [2H][C@]1(c2ccc(Cl)cc2)/C(=C2\C(=O)c3ccccc3[C@@]2([2H])c2ccc(Cl)cc2)C(=O)c2ccccc21. The van der Waals surface area contributed by atoms with Crippen molar-refractivity contribution in [2.75, 3.05) is 0 Å². The molecule has 2 atom stereocenters. The summed E-state index contributed by atoms with van der Waals surface area (Å²) in [6.45, 7) is 0. The maximum absolute atomic E-state index is 14.0. The number of allylic oxidation sites excluding steroid dienone is 2. The number of fused-ring (bicyclic) bond motifs is 2. The Morgan fingerprint density at radius 2 is 0.882 bits per heavy atom. The fraction of sp³-hybridized carbons (Fsp3) is 0.0667. The number of halogens is 2. The number of benzene rings is 4. The van der Waals surface area contributed by atoms with Gasteiger partial charge in [0.25, 0.3) is 0 Å². The predicted molar refractivity (Wildman–Crippen MR) is 135 cm³/mol. The van der Waals surface area contributed by atoms with Crippen molar-refractivity contribution in [3.05, 3.63) is 152 Å². The molecule has 2 aliphatic carbocycles. The Kier molecular flexibility index (Phi) is 4.50. The number of rotatable bonds is 2. The Bertz CT molecular complexity index is 1490. The fourth-order valence-corrected chi connectivity index (χ4v) is 5.13. The molecule has 0 unspecified atom stereocenters. The highest BCUT2D eigenvalue weighted by Gasteiger charge is 2.45. The predicted octanol–water partition coefficient (Wildman–Crippen LogP) is 7.65. The van der Waals surface area contributed by atoms with Crippen LogP contribution in [0.1, 0.15) is 57.5 Å². The van der Waals surface area contributed by atoms with Gasteiger partial charge in [-0.25, -0.2) is 0 Å². The number of carbonyl (C=O) groups excluding carboxylic acids is 2. The van der Waals surface area contributed by atoms with E-state index in [1.807, 2.05) is 0 Å². The van der Waals surface area contributed by atoms with E-state index in [2.05, 4.69) is 0 Å². The highest BCUT2D eigenvalue weighted by Crippen LogP contribution is 2.51. The van der Waals surface area contributed by atoms with Crippen LogP contribution in [0.5, 0.6) is 0 Å². The number of hydrogen-bond donors (Lipinski definition) is 0. The van der Waals surface area contributed by atoms with Gasteiger partial charge in [0, 0.05) is 46.8 Å². The van der Waals surface area contributed by atoms with E-state index in [0.29, 0.717) is 43.4 Å². The number of ketones is 2. The van der Waals surface area contributed by atoms with Crippen LogP contribution in [0.2, 0.25) is 10.0 Å². The lowest BCUT2D eigenvalue weighted by molar-refractivity contribution is 0.100. The Labute approximate surface area is 210 Å². The summed E-state index contributed by atoms with van der Waals surface area (Å²) in [5.74, 6) is -4.25. The van der Waals surface area contributed by atoms with Gasteiger partial charge in [0.2, 0.25) is 0 Å². The van der Waals surface area contributed by atoms with Crippen molar-refractivity contribution in [2.24, 2.45) is 0 Å². The third-order valence-corrected chi connectivity index (χ3v) is 6.86. The number of Topliss-reactive ketones (excluding diaryl/α,β-unsaturated/α-hetero) is 2. The molecule has 2 aliphatic rings. The molecule has 4 heteroatoms. The molecule has 0 amide bonds. The molecule has 0 N–H and O–H groups in total. The molecule has 2 nitrogen and oxygen atoms in total. The lowest BCUT2D eigenvalue weighted by Gasteiger charge is -2.20. The van der Waals surface area contributed by atoms with Crippen LogP contribution in [-0.4, -0.2) is 11.6 Å². The Morgan fingerprint density at radius 3 is 1.26 bits per heavy atom.